The number of halogens is 1. The summed E-state index contributed by atoms with van der Waals surface area (Å²) in [6, 6.07) is 4.13. The first kappa shape index (κ1) is 11.4. The number of alkyl halides is 1. The van der Waals surface area contributed by atoms with Crippen molar-refractivity contribution < 1.29 is 4.79 Å². The molecule has 1 aromatic heterocycles. The SMILES string of the molecule is Cc1cccnc1C(=O)N(CCCl)C1CC1. The highest BCUT2D eigenvalue weighted by molar-refractivity contribution is 6.18. The van der Waals surface area contributed by atoms with Gasteiger partial charge in [0.05, 0.1) is 0 Å². The molecule has 16 heavy (non-hydrogen) atoms. The monoisotopic (exact) mass is 238 g/mol. The zero-order chi connectivity index (χ0) is 11.5. The van der Waals surface area contributed by atoms with E-state index in [0.717, 1.165) is 18.4 Å². The summed E-state index contributed by atoms with van der Waals surface area (Å²) in [5.41, 5.74) is 1.48. The zero-order valence-corrected chi connectivity index (χ0v) is 10.1. The third-order valence-electron chi connectivity index (χ3n) is 2.79. The molecule has 2 rings (SSSR count). The fourth-order valence-corrected chi connectivity index (χ4v) is 1.95. The Labute approximate surface area is 100 Å². The summed E-state index contributed by atoms with van der Waals surface area (Å²) in [6.07, 6.45) is 3.84. The van der Waals surface area contributed by atoms with E-state index in [2.05, 4.69) is 4.98 Å². The number of carbonyl (C=O) groups is 1. The van der Waals surface area contributed by atoms with Crippen molar-refractivity contribution in [3.63, 3.8) is 0 Å². The van der Waals surface area contributed by atoms with Crippen LogP contribution < -0.4 is 0 Å². The van der Waals surface area contributed by atoms with Crippen molar-refractivity contribution in [1.29, 1.82) is 0 Å². The van der Waals surface area contributed by atoms with Crippen molar-refractivity contribution in [3.8, 4) is 0 Å². The van der Waals surface area contributed by atoms with Crippen LogP contribution in [0.3, 0.4) is 0 Å². The van der Waals surface area contributed by atoms with Crippen LogP contribution in [0.4, 0.5) is 0 Å². The van der Waals surface area contributed by atoms with Crippen LogP contribution in [-0.2, 0) is 0 Å². The largest absolute Gasteiger partial charge is 0.333 e. The highest BCUT2D eigenvalue weighted by atomic mass is 35.5. The Morgan fingerprint density at radius 2 is 2.38 bits per heavy atom. The Morgan fingerprint density at radius 3 is 2.94 bits per heavy atom. The average Bonchev–Trinajstić information content (AvgIpc) is 3.09. The van der Waals surface area contributed by atoms with Crippen molar-refractivity contribution in [2.45, 2.75) is 25.8 Å². The number of aryl methyl sites for hydroxylation is 1. The van der Waals surface area contributed by atoms with Crippen LogP contribution in [0.5, 0.6) is 0 Å². The fraction of sp³-hybridized carbons (Fsp3) is 0.500. The van der Waals surface area contributed by atoms with Crippen LogP contribution in [0, 0.1) is 6.92 Å². The Balaban J connectivity index is 2.19. The third kappa shape index (κ3) is 2.35. The molecule has 1 fully saturated rings. The predicted octanol–water partition coefficient (Wildman–Crippen LogP) is 2.23. The summed E-state index contributed by atoms with van der Waals surface area (Å²) < 4.78 is 0. The summed E-state index contributed by atoms with van der Waals surface area (Å²) >= 11 is 5.73. The van der Waals surface area contributed by atoms with Crippen LogP contribution in [-0.4, -0.2) is 34.3 Å². The van der Waals surface area contributed by atoms with Crippen molar-refractivity contribution in [2.75, 3.05) is 12.4 Å². The minimum atomic E-state index is 0.0150. The smallest absolute Gasteiger partial charge is 0.273 e. The zero-order valence-electron chi connectivity index (χ0n) is 9.32. The molecule has 0 radical (unpaired) electrons. The van der Waals surface area contributed by atoms with Gasteiger partial charge in [0.1, 0.15) is 5.69 Å². The summed E-state index contributed by atoms with van der Waals surface area (Å²) in [4.78, 5) is 18.2. The first-order chi connectivity index (χ1) is 7.74. The first-order valence-corrected chi connectivity index (χ1v) is 6.06. The third-order valence-corrected chi connectivity index (χ3v) is 2.95. The van der Waals surface area contributed by atoms with Gasteiger partial charge in [0, 0.05) is 24.7 Å². The van der Waals surface area contributed by atoms with Gasteiger partial charge in [-0.25, -0.2) is 0 Å². The quantitative estimate of drug-likeness (QED) is 0.754. The van der Waals surface area contributed by atoms with Gasteiger partial charge in [-0.05, 0) is 31.4 Å². The molecule has 4 heteroatoms. The van der Waals surface area contributed by atoms with Gasteiger partial charge in [-0.1, -0.05) is 6.07 Å². The molecule has 0 aliphatic heterocycles. The van der Waals surface area contributed by atoms with E-state index in [1.165, 1.54) is 0 Å². The maximum Gasteiger partial charge on any atom is 0.273 e. The van der Waals surface area contributed by atoms with Crippen molar-refractivity contribution >= 4 is 17.5 Å². The standard InChI is InChI=1S/C12H15ClN2O/c1-9-3-2-7-14-11(9)12(16)15(8-6-13)10-4-5-10/h2-3,7,10H,4-6,8H2,1H3. The molecule has 1 aliphatic rings. The van der Waals surface area contributed by atoms with Crippen LogP contribution >= 0.6 is 11.6 Å². The number of hydrogen-bond donors (Lipinski definition) is 0. The molecule has 3 nitrogen and oxygen atoms in total. The van der Waals surface area contributed by atoms with E-state index < -0.39 is 0 Å². The lowest BCUT2D eigenvalue weighted by molar-refractivity contribution is 0.0747. The Kier molecular flexibility index (Phi) is 3.44. The lowest BCUT2D eigenvalue weighted by Crippen LogP contribution is -2.35. The van der Waals surface area contributed by atoms with E-state index >= 15 is 0 Å². The van der Waals surface area contributed by atoms with E-state index in [1.807, 2.05) is 24.0 Å². The number of aromatic nitrogens is 1. The molecule has 1 heterocycles. The lowest BCUT2D eigenvalue weighted by atomic mass is 10.2. The minimum absolute atomic E-state index is 0.0150. The van der Waals surface area contributed by atoms with E-state index in [1.54, 1.807) is 6.20 Å². The van der Waals surface area contributed by atoms with E-state index in [-0.39, 0.29) is 5.91 Å². The van der Waals surface area contributed by atoms with Gasteiger partial charge in [0.15, 0.2) is 0 Å². The summed E-state index contributed by atoms with van der Waals surface area (Å²) in [5.74, 6) is 0.495. The van der Waals surface area contributed by atoms with Crippen LogP contribution in [0.15, 0.2) is 18.3 Å². The Morgan fingerprint density at radius 1 is 1.62 bits per heavy atom. The van der Waals surface area contributed by atoms with E-state index in [9.17, 15) is 4.79 Å². The Hall–Kier alpha value is -1.09. The second-order valence-corrected chi connectivity index (χ2v) is 4.47. The van der Waals surface area contributed by atoms with Crippen LogP contribution in [0.2, 0.25) is 0 Å². The van der Waals surface area contributed by atoms with Gasteiger partial charge < -0.3 is 4.90 Å². The number of pyridine rings is 1. The van der Waals surface area contributed by atoms with Gasteiger partial charge in [-0.15, -0.1) is 11.6 Å². The molecule has 1 amide bonds. The van der Waals surface area contributed by atoms with Gasteiger partial charge in [0.2, 0.25) is 0 Å². The van der Waals surface area contributed by atoms with Gasteiger partial charge in [-0.2, -0.15) is 0 Å². The van der Waals surface area contributed by atoms with Crippen LogP contribution in [0.25, 0.3) is 0 Å². The van der Waals surface area contributed by atoms with Crippen molar-refractivity contribution in [1.82, 2.24) is 9.88 Å². The molecule has 1 saturated carbocycles. The normalized spacial score (nSPS) is 14.9. The number of carbonyl (C=O) groups excluding carboxylic acids is 1. The number of amides is 1. The molecule has 0 aromatic carbocycles. The number of rotatable bonds is 4. The predicted molar refractivity (Wildman–Crippen MR) is 63.8 cm³/mol. The molecule has 86 valence electrons. The molecule has 1 aromatic rings. The maximum absolute atomic E-state index is 12.2. The number of hydrogen-bond acceptors (Lipinski definition) is 2. The number of nitrogens with zero attached hydrogens (tertiary/aromatic N) is 2. The molecule has 0 bridgehead atoms. The van der Waals surface area contributed by atoms with Crippen LogP contribution in [0.1, 0.15) is 28.9 Å². The van der Waals surface area contributed by atoms with E-state index in [0.29, 0.717) is 24.2 Å². The summed E-state index contributed by atoms with van der Waals surface area (Å²) in [6.45, 7) is 2.52. The first-order valence-electron chi connectivity index (χ1n) is 5.52. The van der Waals surface area contributed by atoms with Gasteiger partial charge in [-0.3, -0.25) is 9.78 Å². The second kappa shape index (κ2) is 4.83. The second-order valence-electron chi connectivity index (χ2n) is 4.09. The topological polar surface area (TPSA) is 33.2 Å². The summed E-state index contributed by atoms with van der Waals surface area (Å²) in [5, 5.41) is 0. The van der Waals surface area contributed by atoms with Crippen molar-refractivity contribution in [3.05, 3.63) is 29.6 Å². The molecule has 0 unspecified atom stereocenters. The molecule has 0 spiro atoms. The molecule has 0 atom stereocenters. The lowest BCUT2D eigenvalue weighted by Gasteiger charge is -2.21. The minimum Gasteiger partial charge on any atom is -0.333 e. The Bertz CT molecular complexity index is 390. The van der Waals surface area contributed by atoms with Gasteiger partial charge in [0.25, 0.3) is 5.91 Å². The molecule has 1 aliphatic carbocycles. The maximum atomic E-state index is 12.2. The molecule has 0 saturated heterocycles. The highest BCUT2D eigenvalue weighted by Gasteiger charge is 2.33. The molecule has 0 N–H and O–H groups in total. The average molecular weight is 239 g/mol. The van der Waals surface area contributed by atoms with E-state index in [4.69, 9.17) is 11.6 Å². The van der Waals surface area contributed by atoms with Gasteiger partial charge >= 0.3 is 0 Å². The van der Waals surface area contributed by atoms with Crippen molar-refractivity contribution in [2.24, 2.45) is 0 Å². The summed E-state index contributed by atoms with van der Waals surface area (Å²) in [7, 11) is 0. The fourth-order valence-electron chi connectivity index (χ4n) is 1.77. The molecular weight excluding hydrogens is 224 g/mol. The highest BCUT2D eigenvalue weighted by Crippen LogP contribution is 2.28. The molecular formula is C12H15ClN2O.